The molecular weight excluding hydrogens is 925 g/mol. The summed E-state index contributed by atoms with van der Waals surface area (Å²) in [4.78, 5) is 38.2. The van der Waals surface area contributed by atoms with Crippen LogP contribution < -0.4 is 0 Å². The average Bonchev–Trinajstić information content (AvgIpc) is 3.41. The summed E-state index contributed by atoms with van der Waals surface area (Å²) in [6, 6.07) is 0. The Morgan fingerprint density at radius 1 is 0.280 bits per heavy atom. The van der Waals surface area contributed by atoms with Crippen LogP contribution in [0.2, 0.25) is 0 Å². The summed E-state index contributed by atoms with van der Waals surface area (Å²) in [6.45, 7) is 6.49. The third-order valence-electron chi connectivity index (χ3n) is 14.2. The highest BCUT2D eigenvalue weighted by atomic mass is 16.6. The second-order valence-electron chi connectivity index (χ2n) is 21.6. The summed E-state index contributed by atoms with van der Waals surface area (Å²) in [7, 11) is 0. The van der Waals surface area contributed by atoms with Crippen molar-refractivity contribution in [3.63, 3.8) is 0 Å². The fourth-order valence-electron chi connectivity index (χ4n) is 9.36. The second-order valence-corrected chi connectivity index (χ2v) is 21.6. The van der Waals surface area contributed by atoms with Gasteiger partial charge in [0.05, 0.1) is 0 Å². The molecule has 0 aromatic rings. The molecule has 0 aliphatic heterocycles. The van der Waals surface area contributed by atoms with Crippen molar-refractivity contribution < 1.29 is 28.6 Å². The molecule has 0 amide bonds. The fourth-order valence-corrected chi connectivity index (χ4v) is 9.36. The molecule has 1 atom stereocenters. The Balaban J connectivity index is 4.24. The van der Waals surface area contributed by atoms with Crippen LogP contribution in [0, 0.1) is 0 Å². The number of carbonyl (C=O) groups is 3. The Bertz CT molecular complexity index is 1390. The fraction of sp³-hybridized carbons (Fsp3) is 0.783. The van der Waals surface area contributed by atoms with Crippen LogP contribution >= 0.6 is 0 Å². The lowest BCUT2D eigenvalue weighted by molar-refractivity contribution is -0.167. The molecule has 0 aromatic carbocycles. The number of rotatable bonds is 59. The van der Waals surface area contributed by atoms with Crippen molar-refractivity contribution in [3.05, 3.63) is 72.9 Å². The largest absolute Gasteiger partial charge is 0.462 e. The summed E-state index contributed by atoms with van der Waals surface area (Å²) in [5.74, 6) is -0.953. The normalized spacial score (nSPS) is 12.5. The molecule has 0 heterocycles. The van der Waals surface area contributed by atoms with Crippen molar-refractivity contribution in [2.24, 2.45) is 0 Å². The van der Waals surface area contributed by atoms with Gasteiger partial charge < -0.3 is 14.2 Å². The first kappa shape index (κ1) is 71.8. The molecule has 0 rings (SSSR count). The van der Waals surface area contributed by atoms with E-state index in [1.54, 1.807) is 0 Å². The number of carbonyl (C=O) groups excluding carboxylic acids is 3. The van der Waals surface area contributed by atoms with Crippen LogP contribution in [-0.4, -0.2) is 37.2 Å². The molecule has 434 valence electrons. The van der Waals surface area contributed by atoms with Gasteiger partial charge in [-0.15, -0.1) is 0 Å². The Labute approximate surface area is 465 Å². The van der Waals surface area contributed by atoms with Crippen LogP contribution in [0.1, 0.15) is 329 Å². The molecule has 0 saturated carbocycles. The van der Waals surface area contributed by atoms with Gasteiger partial charge in [0.1, 0.15) is 13.2 Å². The van der Waals surface area contributed by atoms with Crippen molar-refractivity contribution in [1.29, 1.82) is 0 Å². The molecule has 6 heteroatoms. The van der Waals surface area contributed by atoms with E-state index in [1.807, 2.05) is 0 Å². The molecule has 75 heavy (non-hydrogen) atoms. The van der Waals surface area contributed by atoms with E-state index in [-0.39, 0.29) is 37.5 Å². The maximum absolute atomic E-state index is 12.9. The van der Waals surface area contributed by atoms with Gasteiger partial charge in [0.15, 0.2) is 6.10 Å². The summed E-state index contributed by atoms with van der Waals surface area (Å²) < 4.78 is 16.8. The highest BCUT2D eigenvalue weighted by molar-refractivity contribution is 5.71. The van der Waals surface area contributed by atoms with Crippen LogP contribution in [0.15, 0.2) is 72.9 Å². The first-order chi connectivity index (χ1) is 37.0. The Morgan fingerprint density at radius 2 is 0.533 bits per heavy atom. The predicted molar refractivity (Wildman–Crippen MR) is 325 cm³/mol. The van der Waals surface area contributed by atoms with E-state index < -0.39 is 6.10 Å². The van der Waals surface area contributed by atoms with Gasteiger partial charge in [-0.3, -0.25) is 14.4 Å². The van der Waals surface area contributed by atoms with Gasteiger partial charge in [0, 0.05) is 19.3 Å². The smallest absolute Gasteiger partial charge is 0.306 e. The lowest BCUT2D eigenvalue weighted by atomic mass is 10.0. The van der Waals surface area contributed by atoms with Gasteiger partial charge in [-0.05, 0) is 83.5 Å². The van der Waals surface area contributed by atoms with Gasteiger partial charge in [0.2, 0.25) is 0 Å². The lowest BCUT2D eigenvalue weighted by Crippen LogP contribution is -2.30. The molecule has 0 aliphatic carbocycles. The molecule has 0 aliphatic rings. The van der Waals surface area contributed by atoms with E-state index in [9.17, 15) is 14.4 Å². The van der Waals surface area contributed by atoms with E-state index in [2.05, 4.69) is 93.7 Å². The molecular formula is C69H122O6. The molecule has 0 radical (unpaired) electrons. The van der Waals surface area contributed by atoms with Gasteiger partial charge in [-0.1, -0.05) is 299 Å². The van der Waals surface area contributed by atoms with E-state index in [4.69, 9.17) is 14.2 Å². The number of unbranched alkanes of at least 4 members (excludes halogenated alkanes) is 36. The highest BCUT2D eigenvalue weighted by Crippen LogP contribution is 2.17. The molecule has 0 N–H and O–H groups in total. The quantitative estimate of drug-likeness (QED) is 0.0261. The monoisotopic (exact) mass is 1050 g/mol. The summed E-state index contributed by atoms with van der Waals surface area (Å²) in [5, 5.41) is 0. The third-order valence-corrected chi connectivity index (χ3v) is 14.2. The average molecular weight is 1050 g/mol. The van der Waals surface area contributed by atoms with Gasteiger partial charge in [-0.25, -0.2) is 0 Å². The van der Waals surface area contributed by atoms with E-state index >= 15 is 0 Å². The maximum atomic E-state index is 12.9. The zero-order valence-electron chi connectivity index (χ0n) is 49.8. The minimum atomic E-state index is -0.808. The molecule has 0 saturated heterocycles. The van der Waals surface area contributed by atoms with Crippen molar-refractivity contribution in [2.45, 2.75) is 335 Å². The number of hydrogen-bond acceptors (Lipinski definition) is 6. The topological polar surface area (TPSA) is 78.9 Å². The van der Waals surface area contributed by atoms with Crippen LogP contribution in [0.25, 0.3) is 0 Å². The number of hydrogen-bond donors (Lipinski definition) is 0. The lowest BCUT2D eigenvalue weighted by Gasteiger charge is -2.18. The third kappa shape index (κ3) is 61.6. The van der Waals surface area contributed by atoms with Gasteiger partial charge in [-0.2, -0.15) is 0 Å². The SMILES string of the molecule is CC/C=C\C/C=C\C/C=C\C/C=C\C/C=C\CCCC(=O)OC(COC(=O)CCCCCCC/C=C\CCCCC)COC(=O)CCCCCCCCCCCCCCCCCCCCCCCCCCCCCC. The zero-order valence-corrected chi connectivity index (χ0v) is 49.8. The molecule has 0 bridgehead atoms. The standard InChI is InChI=1S/C69H122O6/c1-4-7-10-13-16-19-22-25-27-29-30-31-32-33-34-35-36-37-38-39-41-42-44-47-50-53-56-59-62-68(71)74-65-66(64-73-67(70)61-58-55-52-49-46-24-21-18-15-12-9-6-3)75-69(72)63-60-57-54-51-48-45-43-40-28-26-23-20-17-14-11-8-5-2/h8,11,17-18,20-21,26,28,43,45,51,54,66H,4-7,9-10,12-16,19,22-25,27,29-42,44,46-50,52-53,55-65H2,1-3H3/b11-8-,20-17-,21-18-,28-26-,45-43-,54-51-. The first-order valence-electron chi connectivity index (χ1n) is 32.4. The van der Waals surface area contributed by atoms with Crippen LogP contribution in [0.5, 0.6) is 0 Å². The molecule has 1 unspecified atom stereocenters. The van der Waals surface area contributed by atoms with Crippen molar-refractivity contribution >= 4 is 17.9 Å². The van der Waals surface area contributed by atoms with E-state index in [0.29, 0.717) is 19.3 Å². The molecule has 0 spiro atoms. The predicted octanol–water partition coefficient (Wildman–Crippen LogP) is 22.1. The molecule has 6 nitrogen and oxygen atoms in total. The number of esters is 3. The molecule has 0 fully saturated rings. The second kappa shape index (κ2) is 63.4. The number of ether oxygens (including phenoxy) is 3. The van der Waals surface area contributed by atoms with E-state index in [1.165, 1.54) is 199 Å². The van der Waals surface area contributed by atoms with Crippen molar-refractivity contribution in [2.75, 3.05) is 13.2 Å². The van der Waals surface area contributed by atoms with Crippen molar-refractivity contribution in [1.82, 2.24) is 0 Å². The minimum absolute atomic E-state index is 0.0980. The zero-order chi connectivity index (χ0) is 54.3. The van der Waals surface area contributed by atoms with Gasteiger partial charge in [0.25, 0.3) is 0 Å². The summed E-state index contributed by atoms with van der Waals surface area (Å²) >= 11 is 0. The van der Waals surface area contributed by atoms with Crippen LogP contribution in [0.3, 0.4) is 0 Å². The van der Waals surface area contributed by atoms with Crippen LogP contribution in [0.4, 0.5) is 0 Å². The minimum Gasteiger partial charge on any atom is -0.462 e. The highest BCUT2D eigenvalue weighted by Gasteiger charge is 2.19. The summed E-state index contributed by atoms with van der Waals surface area (Å²) in [5.41, 5.74) is 0. The Kier molecular flexibility index (Phi) is 60.7. The first-order valence-corrected chi connectivity index (χ1v) is 32.4. The van der Waals surface area contributed by atoms with Crippen LogP contribution in [-0.2, 0) is 28.6 Å². The Morgan fingerprint density at radius 3 is 0.893 bits per heavy atom. The van der Waals surface area contributed by atoms with Crippen molar-refractivity contribution in [3.8, 4) is 0 Å². The van der Waals surface area contributed by atoms with E-state index in [0.717, 1.165) is 83.5 Å². The molecule has 0 aromatic heterocycles. The summed E-state index contributed by atoms with van der Waals surface area (Å²) in [6.07, 6.45) is 82.3. The van der Waals surface area contributed by atoms with Gasteiger partial charge >= 0.3 is 17.9 Å². The maximum Gasteiger partial charge on any atom is 0.306 e. The Hall–Kier alpha value is -3.15. The number of allylic oxidation sites excluding steroid dienone is 12.